The number of hydrogen-bond acceptors (Lipinski definition) is 6. The fourth-order valence-corrected chi connectivity index (χ4v) is 3.35. The molecular formula is C17H19N7O2. The van der Waals surface area contributed by atoms with E-state index in [1.165, 1.54) is 18.6 Å². The Morgan fingerprint density at radius 3 is 2.85 bits per heavy atom. The Morgan fingerprint density at radius 1 is 1.27 bits per heavy atom. The first-order valence-corrected chi connectivity index (χ1v) is 8.32. The standard InChI is InChI=1S/C17H19N7O2/c1-10-12(7-18-14-6-15(25)21-24(10)14)17(26)23-5-4-11-13(8-23)19-9-20-16(11)22(2)3/h6-7,9H,4-5,8H2,1-3H3,(H,21,25). The summed E-state index contributed by atoms with van der Waals surface area (Å²) in [6, 6.07) is 1.40. The predicted octanol–water partition coefficient (Wildman–Crippen LogP) is 0.386. The lowest BCUT2D eigenvalue weighted by Gasteiger charge is -2.30. The number of H-pyrrole nitrogens is 1. The average Bonchev–Trinajstić information content (AvgIpc) is 3.01. The number of hydrogen-bond donors (Lipinski definition) is 1. The van der Waals surface area contributed by atoms with Crippen LogP contribution in [-0.2, 0) is 13.0 Å². The molecule has 4 heterocycles. The van der Waals surface area contributed by atoms with Crippen LogP contribution < -0.4 is 10.5 Å². The molecule has 9 nitrogen and oxygen atoms in total. The van der Waals surface area contributed by atoms with Gasteiger partial charge in [0.1, 0.15) is 12.1 Å². The number of nitrogens with zero attached hydrogens (tertiary/aromatic N) is 6. The summed E-state index contributed by atoms with van der Waals surface area (Å²) >= 11 is 0. The van der Waals surface area contributed by atoms with Gasteiger partial charge in [-0.1, -0.05) is 0 Å². The molecule has 134 valence electrons. The van der Waals surface area contributed by atoms with E-state index in [1.807, 2.05) is 19.0 Å². The van der Waals surface area contributed by atoms with Crippen LogP contribution >= 0.6 is 0 Å². The number of aryl methyl sites for hydroxylation is 1. The third-order valence-corrected chi connectivity index (χ3v) is 4.69. The minimum Gasteiger partial charge on any atom is -0.362 e. The number of carbonyl (C=O) groups excluding carboxylic acids is 1. The average molecular weight is 353 g/mol. The number of anilines is 1. The Morgan fingerprint density at radius 2 is 2.08 bits per heavy atom. The summed E-state index contributed by atoms with van der Waals surface area (Å²) in [6.45, 7) is 2.80. The highest BCUT2D eigenvalue weighted by molar-refractivity contribution is 5.95. The molecule has 0 aromatic carbocycles. The minimum absolute atomic E-state index is 0.123. The van der Waals surface area contributed by atoms with Crippen LogP contribution in [0.15, 0.2) is 23.4 Å². The van der Waals surface area contributed by atoms with Crippen LogP contribution in [0.1, 0.15) is 27.3 Å². The summed E-state index contributed by atoms with van der Waals surface area (Å²) in [5.41, 5.74) is 3.33. The monoisotopic (exact) mass is 353 g/mol. The van der Waals surface area contributed by atoms with E-state index >= 15 is 0 Å². The van der Waals surface area contributed by atoms with Crippen molar-refractivity contribution in [1.29, 1.82) is 0 Å². The SMILES string of the molecule is Cc1c(C(=O)N2CCc3c(ncnc3N(C)C)C2)cnc2cc(=O)[nH]n12. The van der Waals surface area contributed by atoms with Gasteiger partial charge in [0.2, 0.25) is 0 Å². The molecule has 0 atom stereocenters. The Balaban J connectivity index is 1.67. The zero-order valence-corrected chi connectivity index (χ0v) is 14.9. The Labute approximate surface area is 149 Å². The number of rotatable bonds is 2. The summed E-state index contributed by atoms with van der Waals surface area (Å²) in [5.74, 6) is 0.772. The van der Waals surface area contributed by atoms with Gasteiger partial charge in [0, 0.05) is 38.5 Å². The molecular weight excluding hydrogens is 334 g/mol. The van der Waals surface area contributed by atoms with Gasteiger partial charge in [-0.3, -0.25) is 14.7 Å². The van der Waals surface area contributed by atoms with E-state index in [-0.39, 0.29) is 11.5 Å². The number of aromatic amines is 1. The van der Waals surface area contributed by atoms with Crippen molar-refractivity contribution in [2.75, 3.05) is 25.5 Å². The molecule has 0 bridgehead atoms. The van der Waals surface area contributed by atoms with Crippen molar-refractivity contribution in [3.05, 3.63) is 51.5 Å². The topological polar surface area (TPSA) is 99.5 Å². The van der Waals surface area contributed by atoms with Crippen molar-refractivity contribution < 1.29 is 4.79 Å². The molecule has 9 heteroatoms. The quantitative estimate of drug-likeness (QED) is 0.715. The summed E-state index contributed by atoms with van der Waals surface area (Å²) < 4.78 is 1.54. The van der Waals surface area contributed by atoms with Gasteiger partial charge < -0.3 is 9.80 Å². The first kappa shape index (κ1) is 16.2. The van der Waals surface area contributed by atoms with Gasteiger partial charge in [0.25, 0.3) is 11.5 Å². The third kappa shape index (κ3) is 2.52. The highest BCUT2D eigenvalue weighted by Gasteiger charge is 2.27. The highest BCUT2D eigenvalue weighted by Crippen LogP contribution is 2.25. The predicted molar refractivity (Wildman–Crippen MR) is 95.4 cm³/mol. The van der Waals surface area contributed by atoms with Crippen LogP contribution in [0.3, 0.4) is 0 Å². The van der Waals surface area contributed by atoms with Gasteiger partial charge in [0.05, 0.1) is 23.5 Å². The van der Waals surface area contributed by atoms with Crippen molar-refractivity contribution in [2.24, 2.45) is 0 Å². The second-order valence-electron chi connectivity index (χ2n) is 6.56. The molecule has 1 aliphatic rings. The van der Waals surface area contributed by atoms with Crippen LogP contribution in [0.2, 0.25) is 0 Å². The van der Waals surface area contributed by atoms with Crippen molar-refractivity contribution in [2.45, 2.75) is 19.9 Å². The molecule has 1 N–H and O–H groups in total. The van der Waals surface area contributed by atoms with Gasteiger partial charge in [-0.05, 0) is 13.3 Å². The molecule has 3 aromatic rings. The Hall–Kier alpha value is -3.23. The lowest BCUT2D eigenvalue weighted by atomic mass is 10.0. The molecule has 0 radical (unpaired) electrons. The summed E-state index contributed by atoms with van der Waals surface area (Å²) in [4.78, 5) is 41.2. The van der Waals surface area contributed by atoms with Gasteiger partial charge in [-0.2, -0.15) is 0 Å². The molecule has 1 aliphatic heterocycles. The van der Waals surface area contributed by atoms with E-state index in [9.17, 15) is 9.59 Å². The maximum atomic E-state index is 13.0. The van der Waals surface area contributed by atoms with E-state index in [2.05, 4.69) is 20.1 Å². The molecule has 0 aliphatic carbocycles. The van der Waals surface area contributed by atoms with Crippen molar-refractivity contribution in [3.8, 4) is 0 Å². The molecule has 3 aromatic heterocycles. The van der Waals surface area contributed by atoms with Gasteiger partial charge in [0.15, 0.2) is 5.65 Å². The zero-order chi connectivity index (χ0) is 18.4. The molecule has 26 heavy (non-hydrogen) atoms. The minimum atomic E-state index is -0.245. The number of nitrogens with one attached hydrogen (secondary N) is 1. The molecule has 0 saturated carbocycles. The first-order valence-electron chi connectivity index (χ1n) is 8.32. The summed E-state index contributed by atoms with van der Waals surface area (Å²) in [6.07, 6.45) is 3.76. The van der Waals surface area contributed by atoms with Gasteiger partial charge in [-0.25, -0.2) is 19.5 Å². The largest absolute Gasteiger partial charge is 0.362 e. The van der Waals surface area contributed by atoms with Crippen LogP contribution in [0.4, 0.5) is 5.82 Å². The zero-order valence-electron chi connectivity index (χ0n) is 14.9. The van der Waals surface area contributed by atoms with Crippen molar-refractivity contribution >= 4 is 17.4 Å². The maximum absolute atomic E-state index is 13.0. The normalized spacial score (nSPS) is 13.7. The van der Waals surface area contributed by atoms with Gasteiger partial charge >= 0.3 is 0 Å². The molecule has 0 fully saturated rings. The first-order chi connectivity index (χ1) is 12.5. The number of carbonyl (C=O) groups is 1. The van der Waals surface area contributed by atoms with Crippen molar-refractivity contribution in [3.63, 3.8) is 0 Å². The van der Waals surface area contributed by atoms with Crippen LogP contribution in [-0.4, -0.2) is 56.0 Å². The smallest absolute Gasteiger partial charge is 0.266 e. The van der Waals surface area contributed by atoms with Gasteiger partial charge in [-0.15, -0.1) is 0 Å². The van der Waals surface area contributed by atoms with E-state index in [4.69, 9.17) is 0 Å². The third-order valence-electron chi connectivity index (χ3n) is 4.69. The second-order valence-corrected chi connectivity index (χ2v) is 6.56. The Kier molecular flexibility index (Phi) is 3.71. The van der Waals surface area contributed by atoms with Crippen LogP contribution in [0, 0.1) is 6.92 Å². The number of fused-ring (bicyclic) bond motifs is 2. The van der Waals surface area contributed by atoms with E-state index in [1.54, 1.807) is 16.3 Å². The second kappa shape index (κ2) is 5.94. The molecule has 0 unspecified atom stereocenters. The van der Waals surface area contributed by atoms with Crippen molar-refractivity contribution in [1.82, 2.24) is 29.5 Å². The number of aromatic nitrogens is 5. The van der Waals surface area contributed by atoms with E-state index in [0.717, 1.165) is 17.1 Å². The Bertz CT molecular complexity index is 1070. The highest BCUT2D eigenvalue weighted by atomic mass is 16.2. The molecule has 4 rings (SSSR count). The summed E-state index contributed by atoms with van der Waals surface area (Å²) in [5, 5.41) is 2.66. The molecule has 0 spiro atoms. The number of amides is 1. The molecule has 0 saturated heterocycles. The van der Waals surface area contributed by atoms with E-state index in [0.29, 0.717) is 36.4 Å². The maximum Gasteiger partial charge on any atom is 0.266 e. The van der Waals surface area contributed by atoms with E-state index < -0.39 is 0 Å². The lowest BCUT2D eigenvalue weighted by molar-refractivity contribution is 0.0730. The van der Waals surface area contributed by atoms with Crippen LogP contribution in [0.25, 0.3) is 5.65 Å². The fraction of sp³-hybridized carbons (Fsp3) is 0.353. The molecule has 1 amide bonds. The lowest BCUT2D eigenvalue weighted by Crippen LogP contribution is -2.38. The summed E-state index contributed by atoms with van der Waals surface area (Å²) in [7, 11) is 3.89. The fourth-order valence-electron chi connectivity index (χ4n) is 3.35. The van der Waals surface area contributed by atoms with Crippen LogP contribution in [0.5, 0.6) is 0 Å².